The van der Waals surface area contributed by atoms with Gasteiger partial charge in [-0.3, -0.25) is 0 Å². The standard InChI is InChI=1S/C14H22N2/c1-2-3-10-16-11-12(8-9-15)13-6-4-5-7-14(13)16/h4-7,12H,2-3,8-11,15H2,1H3. The number of unbranched alkanes of at least 4 members (excludes halogenated alkanes) is 1. The molecule has 1 heterocycles. The van der Waals surface area contributed by atoms with Gasteiger partial charge in [0.2, 0.25) is 0 Å². The fraction of sp³-hybridized carbons (Fsp3) is 0.571. The van der Waals surface area contributed by atoms with E-state index < -0.39 is 0 Å². The SMILES string of the molecule is CCCCN1CC(CCN)c2ccccc21. The summed E-state index contributed by atoms with van der Waals surface area (Å²) >= 11 is 0. The molecule has 0 radical (unpaired) electrons. The molecular weight excluding hydrogens is 196 g/mol. The van der Waals surface area contributed by atoms with Crippen molar-refractivity contribution in [2.75, 3.05) is 24.5 Å². The van der Waals surface area contributed by atoms with Crippen LogP contribution in [0.3, 0.4) is 0 Å². The van der Waals surface area contributed by atoms with Crippen molar-refractivity contribution >= 4 is 5.69 Å². The lowest BCUT2D eigenvalue weighted by Crippen LogP contribution is -2.23. The van der Waals surface area contributed by atoms with Crippen LogP contribution >= 0.6 is 0 Å². The number of nitrogens with two attached hydrogens (primary N) is 1. The van der Waals surface area contributed by atoms with E-state index in [9.17, 15) is 0 Å². The second-order valence-electron chi connectivity index (χ2n) is 4.63. The Hall–Kier alpha value is -1.02. The predicted octanol–water partition coefficient (Wildman–Crippen LogP) is 2.74. The highest BCUT2D eigenvalue weighted by Gasteiger charge is 2.26. The molecule has 1 aromatic rings. The van der Waals surface area contributed by atoms with Crippen LogP contribution in [0.2, 0.25) is 0 Å². The fourth-order valence-electron chi connectivity index (χ4n) is 2.59. The maximum atomic E-state index is 5.69. The van der Waals surface area contributed by atoms with Crippen LogP contribution in [0.4, 0.5) is 5.69 Å². The second-order valence-corrected chi connectivity index (χ2v) is 4.63. The van der Waals surface area contributed by atoms with Crippen LogP contribution in [0.1, 0.15) is 37.7 Å². The molecule has 0 saturated heterocycles. The van der Waals surface area contributed by atoms with Crippen LogP contribution in [0, 0.1) is 0 Å². The zero-order chi connectivity index (χ0) is 11.4. The molecule has 1 aliphatic rings. The van der Waals surface area contributed by atoms with E-state index in [1.54, 1.807) is 0 Å². The molecule has 1 aromatic carbocycles. The third-order valence-corrected chi connectivity index (χ3v) is 3.45. The van der Waals surface area contributed by atoms with Crippen LogP contribution in [-0.2, 0) is 0 Å². The summed E-state index contributed by atoms with van der Waals surface area (Å²) in [6, 6.07) is 8.80. The molecule has 2 rings (SSSR count). The van der Waals surface area contributed by atoms with Crippen LogP contribution in [0.25, 0.3) is 0 Å². The lowest BCUT2D eigenvalue weighted by Gasteiger charge is -2.19. The highest BCUT2D eigenvalue weighted by molar-refractivity contribution is 5.60. The lowest BCUT2D eigenvalue weighted by molar-refractivity contribution is 0.632. The number of benzene rings is 1. The molecule has 1 aliphatic heterocycles. The van der Waals surface area contributed by atoms with Crippen molar-refractivity contribution < 1.29 is 0 Å². The normalized spacial score (nSPS) is 18.9. The average Bonchev–Trinajstić information content (AvgIpc) is 2.66. The van der Waals surface area contributed by atoms with Crippen LogP contribution < -0.4 is 10.6 Å². The monoisotopic (exact) mass is 218 g/mol. The molecule has 0 fully saturated rings. The lowest BCUT2D eigenvalue weighted by atomic mass is 9.98. The summed E-state index contributed by atoms with van der Waals surface area (Å²) in [5.41, 5.74) is 8.64. The van der Waals surface area contributed by atoms with Crippen molar-refractivity contribution in [1.82, 2.24) is 0 Å². The van der Waals surface area contributed by atoms with Gasteiger partial charge in [-0.15, -0.1) is 0 Å². The summed E-state index contributed by atoms with van der Waals surface area (Å²) in [5, 5.41) is 0. The fourth-order valence-corrected chi connectivity index (χ4v) is 2.59. The Morgan fingerprint density at radius 1 is 1.38 bits per heavy atom. The first-order chi connectivity index (χ1) is 7.86. The summed E-state index contributed by atoms with van der Waals surface area (Å²) in [7, 11) is 0. The van der Waals surface area contributed by atoms with E-state index in [0.29, 0.717) is 5.92 Å². The Morgan fingerprint density at radius 3 is 2.94 bits per heavy atom. The van der Waals surface area contributed by atoms with E-state index in [4.69, 9.17) is 5.73 Å². The van der Waals surface area contributed by atoms with Gasteiger partial charge in [0.1, 0.15) is 0 Å². The quantitative estimate of drug-likeness (QED) is 0.823. The topological polar surface area (TPSA) is 29.3 Å². The highest BCUT2D eigenvalue weighted by Crippen LogP contribution is 2.37. The zero-order valence-corrected chi connectivity index (χ0v) is 10.2. The first-order valence-corrected chi connectivity index (χ1v) is 6.40. The summed E-state index contributed by atoms with van der Waals surface area (Å²) < 4.78 is 0. The van der Waals surface area contributed by atoms with Gasteiger partial charge in [0.15, 0.2) is 0 Å². The minimum atomic E-state index is 0.651. The molecule has 2 heteroatoms. The van der Waals surface area contributed by atoms with Crippen LogP contribution in [0.15, 0.2) is 24.3 Å². The predicted molar refractivity (Wildman–Crippen MR) is 70.0 cm³/mol. The molecule has 0 aromatic heterocycles. The Balaban J connectivity index is 2.14. The maximum absolute atomic E-state index is 5.69. The Bertz CT molecular complexity index is 335. The largest absolute Gasteiger partial charge is 0.371 e. The zero-order valence-electron chi connectivity index (χ0n) is 10.2. The van der Waals surface area contributed by atoms with Gasteiger partial charge in [-0.1, -0.05) is 31.5 Å². The molecule has 0 aliphatic carbocycles. The van der Waals surface area contributed by atoms with Crippen molar-refractivity contribution in [3.63, 3.8) is 0 Å². The number of nitrogens with zero attached hydrogens (tertiary/aromatic N) is 1. The number of rotatable bonds is 5. The molecule has 0 amide bonds. The molecular formula is C14H22N2. The van der Waals surface area contributed by atoms with Crippen LogP contribution in [0.5, 0.6) is 0 Å². The molecule has 0 saturated carbocycles. The van der Waals surface area contributed by atoms with Gasteiger partial charge in [0.05, 0.1) is 0 Å². The van der Waals surface area contributed by atoms with E-state index in [1.165, 1.54) is 30.6 Å². The van der Waals surface area contributed by atoms with E-state index in [2.05, 4.69) is 36.1 Å². The minimum Gasteiger partial charge on any atom is -0.371 e. The molecule has 1 unspecified atom stereocenters. The van der Waals surface area contributed by atoms with Gasteiger partial charge in [-0.25, -0.2) is 0 Å². The molecule has 0 spiro atoms. The van der Waals surface area contributed by atoms with Crippen molar-refractivity contribution in [3.8, 4) is 0 Å². The average molecular weight is 218 g/mol. The molecule has 2 N–H and O–H groups in total. The number of hydrogen-bond donors (Lipinski definition) is 1. The molecule has 16 heavy (non-hydrogen) atoms. The van der Waals surface area contributed by atoms with Gasteiger partial charge in [0, 0.05) is 24.7 Å². The second kappa shape index (κ2) is 5.35. The van der Waals surface area contributed by atoms with Crippen molar-refractivity contribution in [3.05, 3.63) is 29.8 Å². The van der Waals surface area contributed by atoms with Crippen LogP contribution in [-0.4, -0.2) is 19.6 Å². The van der Waals surface area contributed by atoms with E-state index in [1.807, 2.05) is 0 Å². The van der Waals surface area contributed by atoms with Gasteiger partial charge in [-0.2, -0.15) is 0 Å². The van der Waals surface area contributed by atoms with E-state index in [-0.39, 0.29) is 0 Å². The Morgan fingerprint density at radius 2 is 2.19 bits per heavy atom. The number of anilines is 1. The van der Waals surface area contributed by atoms with Gasteiger partial charge in [0.25, 0.3) is 0 Å². The molecule has 0 bridgehead atoms. The summed E-state index contributed by atoms with van der Waals surface area (Å²) in [5.74, 6) is 0.651. The number of hydrogen-bond acceptors (Lipinski definition) is 2. The molecule has 88 valence electrons. The van der Waals surface area contributed by atoms with Gasteiger partial charge < -0.3 is 10.6 Å². The number of fused-ring (bicyclic) bond motifs is 1. The summed E-state index contributed by atoms with van der Waals surface area (Å²) in [6.45, 7) is 5.39. The van der Waals surface area contributed by atoms with Crippen molar-refractivity contribution in [1.29, 1.82) is 0 Å². The van der Waals surface area contributed by atoms with Crippen molar-refractivity contribution in [2.24, 2.45) is 5.73 Å². The third-order valence-electron chi connectivity index (χ3n) is 3.45. The third kappa shape index (κ3) is 2.22. The highest BCUT2D eigenvalue weighted by atomic mass is 15.2. The van der Waals surface area contributed by atoms with E-state index >= 15 is 0 Å². The summed E-state index contributed by atoms with van der Waals surface area (Å²) in [4.78, 5) is 2.53. The Kier molecular flexibility index (Phi) is 3.83. The minimum absolute atomic E-state index is 0.651. The summed E-state index contributed by atoms with van der Waals surface area (Å²) in [6.07, 6.45) is 3.66. The van der Waals surface area contributed by atoms with Gasteiger partial charge in [-0.05, 0) is 31.0 Å². The Labute approximate surface area is 98.4 Å². The first-order valence-electron chi connectivity index (χ1n) is 6.40. The van der Waals surface area contributed by atoms with Gasteiger partial charge >= 0.3 is 0 Å². The smallest absolute Gasteiger partial charge is 0.0402 e. The van der Waals surface area contributed by atoms with Crippen molar-refractivity contribution in [2.45, 2.75) is 32.1 Å². The molecule has 1 atom stereocenters. The van der Waals surface area contributed by atoms with E-state index in [0.717, 1.165) is 19.5 Å². The molecule has 2 nitrogen and oxygen atoms in total. The number of para-hydroxylation sites is 1. The first kappa shape index (κ1) is 11.5. The maximum Gasteiger partial charge on any atom is 0.0402 e.